The minimum Gasteiger partial charge on any atom is -0.377 e. The zero-order valence-corrected chi connectivity index (χ0v) is 9.54. The first-order valence-corrected chi connectivity index (χ1v) is 5.55. The molecule has 0 aliphatic heterocycles. The van der Waals surface area contributed by atoms with Gasteiger partial charge in [-0.3, -0.25) is 0 Å². The molecule has 0 amide bonds. The van der Waals surface area contributed by atoms with Crippen LogP contribution >= 0.6 is 0 Å². The molecule has 0 unspecified atom stereocenters. The van der Waals surface area contributed by atoms with Crippen LogP contribution in [-0.2, 0) is 11.3 Å². The number of hydrogen-bond donors (Lipinski definition) is 0. The number of hydrogen-bond acceptors (Lipinski definition) is 1. The molecule has 0 radical (unpaired) electrons. The van der Waals surface area contributed by atoms with Crippen molar-refractivity contribution in [1.29, 1.82) is 0 Å². The van der Waals surface area contributed by atoms with Gasteiger partial charge in [-0.25, -0.2) is 0 Å². The molecule has 0 aromatic heterocycles. The van der Waals surface area contributed by atoms with Gasteiger partial charge in [0.1, 0.15) is 0 Å². The van der Waals surface area contributed by atoms with Crippen molar-refractivity contribution < 1.29 is 4.74 Å². The van der Waals surface area contributed by atoms with E-state index in [9.17, 15) is 0 Å². The van der Waals surface area contributed by atoms with Crippen LogP contribution in [-0.4, -0.2) is 6.61 Å². The Morgan fingerprint density at radius 2 is 1.93 bits per heavy atom. The summed E-state index contributed by atoms with van der Waals surface area (Å²) in [5.74, 6) is 0. The lowest BCUT2D eigenvalue weighted by Gasteiger charge is -2.04. The Kier molecular flexibility index (Phi) is 5.79. The number of ether oxygens (including phenoxy) is 1. The van der Waals surface area contributed by atoms with Gasteiger partial charge in [0.25, 0.3) is 0 Å². The Morgan fingerprint density at radius 1 is 1.20 bits per heavy atom. The maximum atomic E-state index is 5.57. The van der Waals surface area contributed by atoms with E-state index >= 15 is 0 Å². The third-order valence-electron chi connectivity index (χ3n) is 2.25. The van der Waals surface area contributed by atoms with Crippen LogP contribution in [0, 0.1) is 0 Å². The second kappa shape index (κ2) is 7.24. The standard InChI is InChI=1S/C14H20O/c1-13(2)8-6-7-11-15-12-14-9-4-3-5-10-14/h3-5,9-10H,1,6-8,11-12H2,2H3. The van der Waals surface area contributed by atoms with Crippen LogP contribution in [0.3, 0.4) is 0 Å². The molecule has 0 bridgehead atoms. The Labute approximate surface area is 92.8 Å². The number of rotatable bonds is 7. The zero-order chi connectivity index (χ0) is 10.9. The van der Waals surface area contributed by atoms with Crippen molar-refractivity contribution in [2.75, 3.05) is 6.61 Å². The molecule has 0 aliphatic carbocycles. The second-order valence-corrected chi connectivity index (χ2v) is 3.95. The average molecular weight is 204 g/mol. The van der Waals surface area contributed by atoms with E-state index < -0.39 is 0 Å². The molecule has 0 atom stereocenters. The average Bonchev–Trinajstić information content (AvgIpc) is 2.24. The molecule has 0 heterocycles. The van der Waals surface area contributed by atoms with Crippen molar-refractivity contribution in [1.82, 2.24) is 0 Å². The first-order valence-electron chi connectivity index (χ1n) is 5.55. The molecule has 0 N–H and O–H groups in total. The van der Waals surface area contributed by atoms with Crippen molar-refractivity contribution in [2.45, 2.75) is 32.8 Å². The normalized spacial score (nSPS) is 10.2. The van der Waals surface area contributed by atoms with Gasteiger partial charge in [0.15, 0.2) is 0 Å². The van der Waals surface area contributed by atoms with E-state index in [4.69, 9.17) is 4.74 Å². The highest BCUT2D eigenvalue weighted by atomic mass is 16.5. The van der Waals surface area contributed by atoms with Crippen molar-refractivity contribution in [3.8, 4) is 0 Å². The molecule has 0 saturated carbocycles. The van der Waals surface area contributed by atoms with Gasteiger partial charge in [0.05, 0.1) is 6.61 Å². The van der Waals surface area contributed by atoms with Gasteiger partial charge in [0.2, 0.25) is 0 Å². The summed E-state index contributed by atoms with van der Waals surface area (Å²) in [7, 11) is 0. The van der Waals surface area contributed by atoms with E-state index in [1.807, 2.05) is 18.2 Å². The van der Waals surface area contributed by atoms with E-state index in [0.717, 1.165) is 26.1 Å². The van der Waals surface area contributed by atoms with Crippen LogP contribution in [0.4, 0.5) is 0 Å². The molecule has 0 aliphatic rings. The molecule has 1 rings (SSSR count). The smallest absolute Gasteiger partial charge is 0.0716 e. The third-order valence-corrected chi connectivity index (χ3v) is 2.25. The van der Waals surface area contributed by atoms with Gasteiger partial charge in [-0.05, 0) is 31.7 Å². The van der Waals surface area contributed by atoms with Crippen molar-refractivity contribution in [3.05, 3.63) is 48.0 Å². The summed E-state index contributed by atoms with van der Waals surface area (Å²) in [6.45, 7) is 7.53. The predicted molar refractivity (Wildman–Crippen MR) is 64.8 cm³/mol. The summed E-state index contributed by atoms with van der Waals surface area (Å²) >= 11 is 0. The highest BCUT2D eigenvalue weighted by Gasteiger charge is 1.92. The summed E-state index contributed by atoms with van der Waals surface area (Å²) in [5, 5.41) is 0. The molecule has 1 heteroatoms. The number of allylic oxidation sites excluding steroid dienone is 1. The number of benzene rings is 1. The lowest BCUT2D eigenvalue weighted by molar-refractivity contribution is 0.117. The minimum absolute atomic E-state index is 0.730. The molecular weight excluding hydrogens is 184 g/mol. The summed E-state index contributed by atoms with van der Waals surface area (Å²) in [6.07, 6.45) is 3.43. The van der Waals surface area contributed by atoms with Gasteiger partial charge < -0.3 is 4.74 Å². The Balaban J connectivity index is 2.00. The maximum Gasteiger partial charge on any atom is 0.0716 e. The van der Waals surface area contributed by atoms with E-state index in [1.165, 1.54) is 17.6 Å². The summed E-state index contributed by atoms with van der Waals surface area (Å²) < 4.78 is 5.57. The highest BCUT2D eigenvalue weighted by Crippen LogP contribution is 2.05. The van der Waals surface area contributed by atoms with Gasteiger partial charge in [0, 0.05) is 6.61 Å². The first kappa shape index (κ1) is 12.0. The van der Waals surface area contributed by atoms with Crippen molar-refractivity contribution in [2.24, 2.45) is 0 Å². The second-order valence-electron chi connectivity index (χ2n) is 3.95. The van der Waals surface area contributed by atoms with Crippen LogP contribution in [0.15, 0.2) is 42.5 Å². The van der Waals surface area contributed by atoms with Gasteiger partial charge in [-0.1, -0.05) is 35.9 Å². The van der Waals surface area contributed by atoms with Gasteiger partial charge in [-0.15, -0.1) is 6.58 Å². The van der Waals surface area contributed by atoms with Crippen LogP contribution in [0.5, 0.6) is 0 Å². The summed E-state index contributed by atoms with van der Waals surface area (Å²) in [5.41, 5.74) is 2.51. The Morgan fingerprint density at radius 3 is 2.60 bits per heavy atom. The zero-order valence-electron chi connectivity index (χ0n) is 9.54. The molecule has 82 valence electrons. The lowest BCUT2D eigenvalue weighted by Crippen LogP contribution is -1.95. The maximum absolute atomic E-state index is 5.57. The Bertz CT molecular complexity index is 277. The molecular formula is C14H20O. The summed E-state index contributed by atoms with van der Waals surface area (Å²) in [4.78, 5) is 0. The fraction of sp³-hybridized carbons (Fsp3) is 0.429. The quantitative estimate of drug-likeness (QED) is 0.482. The van der Waals surface area contributed by atoms with E-state index in [0.29, 0.717) is 0 Å². The third kappa shape index (κ3) is 6.08. The van der Waals surface area contributed by atoms with Gasteiger partial charge in [-0.2, -0.15) is 0 Å². The molecule has 1 aromatic rings. The first-order chi connectivity index (χ1) is 7.29. The largest absolute Gasteiger partial charge is 0.377 e. The van der Waals surface area contributed by atoms with E-state index in [1.54, 1.807) is 0 Å². The Hall–Kier alpha value is -1.08. The van der Waals surface area contributed by atoms with Crippen LogP contribution in [0.2, 0.25) is 0 Å². The SMILES string of the molecule is C=C(C)CCCCOCc1ccccc1. The fourth-order valence-corrected chi connectivity index (χ4v) is 1.40. The van der Waals surface area contributed by atoms with Crippen LogP contribution in [0.25, 0.3) is 0 Å². The topological polar surface area (TPSA) is 9.23 Å². The monoisotopic (exact) mass is 204 g/mol. The van der Waals surface area contributed by atoms with Crippen LogP contribution in [0.1, 0.15) is 31.7 Å². The molecule has 1 nitrogen and oxygen atoms in total. The minimum atomic E-state index is 0.730. The fourth-order valence-electron chi connectivity index (χ4n) is 1.40. The van der Waals surface area contributed by atoms with Crippen molar-refractivity contribution >= 4 is 0 Å². The molecule has 15 heavy (non-hydrogen) atoms. The molecule has 0 saturated heterocycles. The van der Waals surface area contributed by atoms with Crippen molar-refractivity contribution in [3.63, 3.8) is 0 Å². The predicted octanol–water partition coefficient (Wildman–Crippen LogP) is 3.95. The van der Waals surface area contributed by atoms with Gasteiger partial charge >= 0.3 is 0 Å². The molecule has 0 fully saturated rings. The number of unbranched alkanes of at least 4 members (excludes halogenated alkanes) is 1. The molecule has 0 spiro atoms. The molecule has 1 aromatic carbocycles. The van der Waals surface area contributed by atoms with E-state index in [-0.39, 0.29) is 0 Å². The van der Waals surface area contributed by atoms with E-state index in [2.05, 4.69) is 25.6 Å². The van der Waals surface area contributed by atoms with Crippen LogP contribution < -0.4 is 0 Å². The highest BCUT2D eigenvalue weighted by molar-refractivity contribution is 5.13. The summed E-state index contributed by atoms with van der Waals surface area (Å²) in [6, 6.07) is 10.3. The lowest BCUT2D eigenvalue weighted by atomic mass is 10.1.